The molecule has 4 nitrogen and oxygen atoms in total. The Kier molecular flexibility index (Phi) is 3.07. The Morgan fingerprint density at radius 3 is 2.90 bits per heavy atom. The number of aromatic nitrogens is 1. The second kappa shape index (κ2) is 4.77. The van der Waals surface area contributed by atoms with Crippen LogP contribution in [0.3, 0.4) is 0 Å². The van der Waals surface area contributed by atoms with Crippen molar-refractivity contribution in [1.29, 1.82) is 5.26 Å². The van der Waals surface area contributed by atoms with E-state index < -0.39 is 0 Å². The third-order valence-corrected chi connectivity index (χ3v) is 3.61. The van der Waals surface area contributed by atoms with Crippen LogP contribution in [0, 0.1) is 11.3 Å². The maximum atomic E-state index is 9.39. The summed E-state index contributed by atoms with van der Waals surface area (Å²) in [4.78, 5) is 6.61. The summed E-state index contributed by atoms with van der Waals surface area (Å²) in [5.74, 6) is 0. The molecule has 2 heterocycles. The Hall–Kier alpha value is -2.12. The fraction of sp³-hybridized carbons (Fsp3) is 0.375. The molecule has 3 rings (SSSR count). The Balaban J connectivity index is 2.16. The van der Waals surface area contributed by atoms with Gasteiger partial charge in [0.25, 0.3) is 0 Å². The van der Waals surface area contributed by atoms with Crippen LogP contribution in [0.25, 0.3) is 10.9 Å². The number of hydrogen-bond acceptors (Lipinski definition) is 4. The van der Waals surface area contributed by atoms with E-state index in [1.54, 1.807) is 6.20 Å². The second-order valence-electron chi connectivity index (χ2n) is 5.68. The van der Waals surface area contributed by atoms with E-state index in [1.807, 2.05) is 24.3 Å². The van der Waals surface area contributed by atoms with E-state index >= 15 is 0 Å². The summed E-state index contributed by atoms with van der Waals surface area (Å²) in [6.07, 6.45) is 1.67. The molecule has 0 bridgehead atoms. The molecule has 0 atom stereocenters. The first kappa shape index (κ1) is 12.9. The van der Waals surface area contributed by atoms with E-state index in [1.165, 1.54) is 0 Å². The van der Waals surface area contributed by atoms with Crippen LogP contribution < -0.4 is 4.90 Å². The van der Waals surface area contributed by atoms with Crippen molar-refractivity contribution in [3.63, 3.8) is 0 Å². The van der Waals surface area contributed by atoms with Crippen molar-refractivity contribution in [2.24, 2.45) is 0 Å². The molecular formula is C16H17N3O. The maximum Gasteiger partial charge on any atom is 0.103 e. The molecule has 1 aromatic heterocycles. The van der Waals surface area contributed by atoms with Gasteiger partial charge in [0.1, 0.15) is 6.07 Å². The number of para-hydroxylation sites is 1. The maximum absolute atomic E-state index is 9.39. The summed E-state index contributed by atoms with van der Waals surface area (Å²) in [7, 11) is 0. The lowest BCUT2D eigenvalue weighted by molar-refractivity contribution is -0.0276. The monoisotopic (exact) mass is 267 g/mol. The highest BCUT2D eigenvalue weighted by Crippen LogP contribution is 2.32. The first-order valence-electron chi connectivity index (χ1n) is 6.77. The Morgan fingerprint density at radius 1 is 1.35 bits per heavy atom. The Morgan fingerprint density at radius 2 is 2.15 bits per heavy atom. The minimum Gasteiger partial charge on any atom is -0.372 e. The van der Waals surface area contributed by atoms with Crippen molar-refractivity contribution in [3.8, 4) is 6.07 Å². The number of rotatable bonds is 1. The molecule has 20 heavy (non-hydrogen) atoms. The van der Waals surface area contributed by atoms with Gasteiger partial charge in [-0.2, -0.15) is 5.26 Å². The zero-order valence-electron chi connectivity index (χ0n) is 11.8. The van der Waals surface area contributed by atoms with Crippen molar-refractivity contribution in [1.82, 2.24) is 4.98 Å². The standard InChI is InChI=1S/C16H17N3O/c1-16(2)11-19(7-8-20-16)15-12(9-17)10-18-14-6-4-3-5-13(14)15/h3-6,10H,7-8,11H2,1-2H3. The Labute approximate surface area is 118 Å². The van der Waals surface area contributed by atoms with Gasteiger partial charge in [-0.05, 0) is 19.9 Å². The summed E-state index contributed by atoms with van der Waals surface area (Å²) >= 11 is 0. The van der Waals surface area contributed by atoms with Gasteiger partial charge < -0.3 is 9.64 Å². The van der Waals surface area contributed by atoms with Gasteiger partial charge >= 0.3 is 0 Å². The number of morpholine rings is 1. The average Bonchev–Trinajstić information content (AvgIpc) is 2.45. The molecular weight excluding hydrogens is 250 g/mol. The van der Waals surface area contributed by atoms with E-state index in [0.29, 0.717) is 12.2 Å². The van der Waals surface area contributed by atoms with Crippen molar-refractivity contribution in [3.05, 3.63) is 36.0 Å². The third kappa shape index (κ3) is 2.21. The second-order valence-corrected chi connectivity index (χ2v) is 5.68. The molecule has 0 radical (unpaired) electrons. The molecule has 1 aliphatic rings. The lowest BCUT2D eigenvalue weighted by Crippen LogP contribution is -2.48. The smallest absolute Gasteiger partial charge is 0.103 e. The van der Waals surface area contributed by atoms with Crippen LogP contribution in [0.4, 0.5) is 5.69 Å². The summed E-state index contributed by atoms with van der Waals surface area (Å²) < 4.78 is 5.76. The predicted octanol–water partition coefficient (Wildman–Crippen LogP) is 2.72. The van der Waals surface area contributed by atoms with Crippen LogP contribution in [-0.2, 0) is 4.74 Å². The van der Waals surface area contributed by atoms with Crippen LogP contribution in [0.2, 0.25) is 0 Å². The molecule has 0 unspecified atom stereocenters. The van der Waals surface area contributed by atoms with E-state index in [9.17, 15) is 5.26 Å². The van der Waals surface area contributed by atoms with Gasteiger partial charge in [0.05, 0.1) is 29.0 Å². The van der Waals surface area contributed by atoms with Gasteiger partial charge in [0.15, 0.2) is 0 Å². The minimum absolute atomic E-state index is 0.199. The van der Waals surface area contributed by atoms with Crippen LogP contribution in [0.5, 0.6) is 0 Å². The molecule has 0 amide bonds. The molecule has 4 heteroatoms. The predicted molar refractivity (Wildman–Crippen MR) is 78.7 cm³/mol. The normalized spacial score (nSPS) is 17.9. The van der Waals surface area contributed by atoms with Gasteiger partial charge in [-0.1, -0.05) is 18.2 Å². The van der Waals surface area contributed by atoms with E-state index in [-0.39, 0.29) is 5.60 Å². The van der Waals surface area contributed by atoms with Gasteiger partial charge in [0, 0.05) is 24.7 Å². The Bertz CT molecular complexity index is 688. The quantitative estimate of drug-likeness (QED) is 0.797. The highest BCUT2D eigenvalue weighted by Gasteiger charge is 2.29. The van der Waals surface area contributed by atoms with Crippen molar-refractivity contribution in [2.45, 2.75) is 19.4 Å². The van der Waals surface area contributed by atoms with Gasteiger partial charge in [-0.3, -0.25) is 4.98 Å². The molecule has 1 saturated heterocycles. The average molecular weight is 267 g/mol. The zero-order chi connectivity index (χ0) is 14.2. The van der Waals surface area contributed by atoms with Gasteiger partial charge in [-0.25, -0.2) is 0 Å². The molecule has 0 N–H and O–H groups in total. The number of pyridine rings is 1. The number of nitriles is 1. The number of hydrogen-bond donors (Lipinski definition) is 0. The summed E-state index contributed by atoms with van der Waals surface area (Å²) in [5, 5.41) is 10.4. The van der Waals surface area contributed by atoms with Crippen LogP contribution >= 0.6 is 0 Å². The van der Waals surface area contributed by atoms with Crippen molar-refractivity contribution < 1.29 is 4.74 Å². The highest BCUT2D eigenvalue weighted by atomic mass is 16.5. The van der Waals surface area contributed by atoms with Gasteiger partial charge in [-0.15, -0.1) is 0 Å². The van der Waals surface area contributed by atoms with E-state index in [0.717, 1.165) is 29.7 Å². The van der Waals surface area contributed by atoms with E-state index in [4.69, 9.17) is 4.74 Å². The molecule has 102 valence electrons. The summed E-state index contributed by atoms with van der Waals surface area (Å²) in [6, 6.07) is 10.2. The largest absolute Gasteiger partial charge is 0.372 e. The fourth-order valence-corrected chi connectivity index (χ4v) is 2.76. The number of ether oxygens (including phenoxy) is 1. The van der Waals surface area contributed by atoms with Crippen molar-refractivity contribution in [2.75, 3.05) is 24.6 Å². The number of fused-ring (bicyclic) bond motifs is 1. The zero-order valence-corrected chi connectivity index (χ0v) is 11.8. The van der Waals surface area contributed by atoms with Crippen LogP contribution in [0.15, 0.2) is 30.5 Å². The molecule has 1 fully saturated rings. The molecule has 0 spiro atoms. The number of nitrogens with zero attached hydrogens (tertiary/aromatic N) is 3. The first-order chi connectivity index (χ1) is 9.61. The lowest BCUT2D eigenvalue weighted by atomic mass is 10.0. The SMILES string of the molecule is CC1(C)CN(c2c(C#N)cnc3ccccc23)CCO1. The van der Waals surface area contributed by atoms with Crippen LogP contribution in [-0.4, -0.2) is 30.3 Å². The fourth-order valence-electron chi connectivity index (χ4n) is 2.76. The highest BCUT2D eigenvalue weighted by molar-refractivity contribution is 5.94. The minimum atomic E-state index is -0.199. The summed E-state index contributed by atoms with van der Waals surface area (Å²) in [5.41, 5.74) is 2.33. The van der Waals surface area contributed by atoms with Gasteiger partial charge in [0.2, 0.25) is 0 Å². The molecule has 0 aliphatic carbocycles. The number of benzene rings is 1. The summed E-state index contributed by atoms with van der Waals surface area (Å²) in [6.45, 7) is 6.40. The first-order valence-corrected chi connectivity index (χ1v) is 6.77. The topological polar surface area (TPSA) is 49.2 Å². The van der Waals surface area contributed by atoms with E-state index in [2.05, 4.69) is 29.8 Å². The van der Waals surface area contributed by atoms with Crippen LogP contribution in [0.1, 0.15) is 19.4 Å². The molecule has 0 saturated carbocycles. The molecule has 1 aliphatic heterocycles. The molecule has 2 aromatic rings. The lowest BCUT2D eigenvalue weighted by Gasteiger charge is -2.40. The van der Waals surface area contributed by atoms with Crippen molar-refractivity contribution >= 4 is 16.6 Å². The molecule has 1 aromatic carbocycles. The number of anilines is 1. The third-order valence-electron chi connectivity index (χ3n) is 3.61.